The minimum Gasteiger partial charge on any atom is -0.497 e. The number of hydrogen-bond acceptors (Lipinski definition) is 8. The summed E-state index contributed by atoms with van der Waals surface area (Å²) in [5, 5.41) is 13.1. The van der Waals surface area contributed by atoms with E-state index in [1.54, 1.807) is 12.6 Å². The summed E-state index contributed by atoms with van der Waals surface area (Å²) in [5.41, 5.74) is 4.82. The molecule has 1 aromatic heterocycles. The van der Waals surface area contributed by atoms with Crippen LogP contribution in [0.4, 0.5) is 11.8 Å². The first-order valence-corrected chi connectivity index (χ1v) is 12.6. The van der Waals surface area contributed by atoms with Crippen molar-refractivity contribution in [3.63, 3.8) is 0 Å². The fourth-order valence-electron chi connectivity index (χ4n) is 4.39. The number of carbonyl (C=O) groups is 1. The highest BCUT2D eigenvalue weighted by Gasteiger charge is 2.19. The van der Waals surface area contributed by atoms with Crippen molar-refractivity contribution in [3.05, 3.63) is 42.5 Å². The number of piperazine rings is 1. The number of methoxy groups -OCH3 is 1. The van der Waals surface area contributed by atoms with E-state index in [2.05, 4.69) is 52.5 Å². The zero-order valence-corrected chi connectivity index (χ0v) is 21.2. The number of unbranched alkanes of at least 4 members (excludes halogenated alkanes) is 3. The monoisotopic (exact) mass is 492 g/mol. The highest BCUT2D eigenvalue weighted by molar-refractivity contribution is 5.93. The molecule has 0 aliphatic carbocycles. The molecule has 1 fully saturated rings. The largest absolute Gasteiger partial charge is 0.497 e. The van der Waals surface area contributed by atoms with Crippen molar-refractivity contribution >= 4 is 28.6 Å². The Labute approximate surface area is 212 Å². The number of aromatic nitrogens is 2. The number of carbonyl (C=O) groups excluding carboxylic acids is 1. The van der Waals surface area contributed by atoms with Gasteiger partial charge in [-0.15, -0.1) is 0 Å². The molecule has 3 N–H and O–H groups in total. The molecule has 1 aliphatic heterocycles. The van der Waals surface area contributed by atoms with Crippen LogP contribution in [0, 0.1) is 0 Å². The molecule has 3 aromatic rings. The van der Waals surface area contributed by atoms with Crippen molar-refractivity contribution in [2.75, 3.05) is 57.1 Å². The van der Waals surface area contributed by atoms with Crippen molar-refractivity contribution in [1.82, 2.24) is 20.3 Å². The average Bonchev–Trinajstić information content (AvgIpc) is 2.92. The van der Waals surface area contributed by atoms with Gasteiger partial charge in [0.15, 0.2) is 0 Å². The first-order valence-electron chi connectivity index (χ1n) is 12.6. The third-order valence-electron chi connectivity index (χ3n) is 6.64. The number of hydrogen-bond donors (Lipinski definition) is 3. The van der Waals surface area contributed by atoms with Gasteiger partial charge < -0.3 is 19.9 Å². The molecule has 1 saturated heterocycles. The number of ether oxygens (including phenoxy) is 1. The van der Waals surface area contributed by atoms with Crippen molar-refractivity contribution in [2.45, 2.75) is 32.1 Å². The van der Waals surface area contributed by atoms with Crippen LogP contribution < -0.4 is 20.4 Å². The summed E-state index contributed by atoms with van der Waals surface area (Å²) in [5.74, 6) is 2.13. The molecule has 0 spiro atoms. The van der Waals surface area contributed by atoms with Crippen molar-refractivity contribution in [1.29, 1.82) is 0 Å². The summed E-state index contributed by atoms with van der Waals surface area (Å²) in [6.45, 7) is 4.58. The fraction of sp³-hybridized carbons (Fsp3) is 0.444. The number of benzene rings is 2. The summed E-state index contributed by atoms with van der Waals surface area (Å²) >= 11 is 0. The van der Waals surface area contributed by atoms with Gasteiger partial charge in [0.05, 0.1) is 12.6 Å². The number of likely N-dealkylation sites (N-methyl/N-ethyl adjacent to an activating group) is 1. The smallest absolute Gasteiger partial charge is 0.243 e. The molecule has 1 aliphatic rings. The standard InChI is InChI=1S/C27H36N6O3/c1-32-15-17-33(18-16-32)27-29-24-19-21(20-8-11-22(36-2)12-9-20)10-13-23(24)26(30-27)28-14-6-4-3-5-7-25(34)31-35/h8-13,19,35H,3-7,14-18H2,1-2H3,(H,31,34)(H,28,29,30). The van der Waals surface area contributed by atoms with Crippen LogP contribution in [0.2, 0.25) is 0 Å². The maximum absolute atomic E-state index is 11.1. The lowest BCUT2D eigenvalue weighted by molar-refractivity contribution is -0.129. The van der Waals surface area contributed by atoms with Crippen LogP contribution in [0.5, 0.6) is 5.75 Å². The number of amides is 1. The summed E-state index contributed by atoms with van der Waals surface area (Å²) in [6, 6.07) is 14.4. The number of fused-ring (bicyclic) bond motifs is 1. The Morgan fingerprint density at radius 2 is 1.69 bits per heavy atom. The Hall–Kier alpha value is -3.43. The number of hydroxylamine groups is 1. The van der Waals surface area contributed by atoms with Gasteiger partial charge in [-0.3, -0.25) is 10.0 Å². The number of nitrogens with one attached hydrogen (secondary N) is 2. The molecular weight excluding hydrogens is 456 g/mol. The van der Waals surface area contributed by atoms with E-state index in [1.165, 1.54) is 0 Å². The van der Waals surface area contributed by atoms with Gasteiger partial charge in [-0.2, -0.15) is 4.98 Å². The third kappa shape index (κ3) is 6.61. The second-order valence-corrected chi connectivity index (χ2v) is 9.25. The molecule has 9 nitrogen and oxygen atoms in total. The molecule has 2 heterocycles. The van der Waals surface area contributed by atoms with Gasteiger partial charge in [0, 0.05) is 44.5 Å². The van der Waals surface area contributed by atoms with Crippen molar-refractivity contribution in [2.24, 2.45) is 0 Å². The van der Waals surface area contributed by atoms with Gasteiger partial charge in [0.2, 0.25) is 11.9 Å². The molecule has 0 unspecified atom stereocenters. The first kappa shape index (κ1) is 25.7. The molecule has 0 saturated carbocycles. The van der Waals surface area contributed by atoms with Gasteiger partial charge in [0.25, 0.3) is 0 Å². The minimum atomic E-state index is -0.328. The second kappa shape index (κ2) is 12.5. The number of rotatable bonds is 11. The zero-order chi connectivity index (χ0) is 25.3. The van der Waals surface area contributed by atoms with Gasteiger partial charge in [-0.05, 0) is 55.3 Å². The lowest BCUT2D eigenvalue weighted by Gasteiger charge is -2.32. The van der Waals surface area contributed by atoms with Crippen LogP contribution in [-0.4, -0.2) is 72.9 Å². The summed E-state index contributed by atoms with van der Waals surface area (Å²) in [7, 11) is 3.81. The Bertz CT molecular complexity index is 1150. The van der Waals surface area contributed by atoms with E-state index >= 15 is 0 Å². The molecule has 192 valence electrons. The normalized spacial score (nSPS) is 14.1. The molecule has 0 atom stereocenters. The predicted octanol–water partition coefficient (Wildman–Crippen LogP) is 3.93. The van der Waals surface area contributed by atoms with Gasteiger partial charge in [-0.25, -0.2) is 10.5 Å². The fourth-order valence-corrected chi connectivity index (χ4v) is 4.39. The third-order valence-corrected chi connectivity index (χ3v) is 6.64. The Kier molecular flexibility index (Phi) is 8.91. The highest BCUT2D eigenvalue weighted by atomic mass is 16.5. The second-order valence-electron chi connectivity index (χ2n) is 9.25. The molecular formula is C27H36N6O3. The topological polar surface area (TPSA) is 103 Å². The molecule has 2 aromatic carbocycles. The highest BCUT2D eigenvalue weighted by Crippen LogP contribution is 2.30. The average molecular weight is 493 g/mol. The lowest BCUT2D eigenvalue weighted by Crippen LogP contribution is -2.45. The molecule has 4 rings (SSSR count). The molecule has 1 amide bonds. The molecule has 9 heteroatoms. The van der Waals surface area contributed by atoms with Crippen molar-refractivity contribution < 1.29 is 14.7 Å². The summed E-state index contributed by atoms with van der Waals surface area (Å²) in [6.07, 6.45) is 4.04. The van der Waals surface area contributed by atoms with E-state index in [0.29, 0.717) is 6.42 Å². The Morgan fingerprint density at radius 1 is 0.972 bits per heavy atom. The Morgan fingerprint density at radius 3 is 2.42 bits per heavy atom. The number of anilines is 2. The maximum Gasteiger partial charge on any atom is 0.243 e. The van der Waals surface area contributed by atoms with E-state index in [4.69, 9.17) is 19.9 Å². The van der Waals surface area contributed by atoms with Crippen LogP contribution in [-0.2, 0) is 4.79 Å². The van der Waals surface area contributed by atoms with E-state index in [1.807, 2.05) is 12.1 Å². The molecule has 36 heavy (non-hydrogen) atoms. The van der Waals surface area contributed by atoms with Crippen LogP contribution >= 0.6 is 0 Å². The van der Waals surface area contributed by atoms with Crippen LogP contribution in [0.25, 0.3) is 22.0 Å². The SMILES string of the molecule is COc1ccc(-c2ccc3c(NCCCCCCC(=O)NO)nc(N4CCN(C)CC4)nc3c2)cc1. The van der Waals surface area contributed by atoms with E-state index in [0.717, 1.165) is 98.0 Å². The van der Waals surface area contributed by atoms with Crippen LogP contribution in [0.15, 0.2) is 42.5 Å². The lowest BCUT2D eigenvalue weighted by atomic mass is 10.0. The maximum atomic E-state index is 11.1. The first-order chi connectivity index (χ1) is 17.6. The van der Waals surface area contributed by atoms with Gasteiger partial charge >= 0.3 is 0 Å². The Balaban J connectivity index is 1.51. The van der Waals surface area contributed by atoms with Crippen molar-refractivity contribution in [3.8, 4) is 16.9 Å². The van der Waals surface area contributed by atoms with E-state index < -0.39 is 0 Å². The number of nitrogens with zero attached hydrogens (tertiary/aromatic N) is 4. The van der Waals surface area contributed by atoms with Crippen LogP contribution in [0.3, 0.4) is 0 Å². The van der Waals surface area contributed by atoms with Gasteiger partial charge in [0.1, 0.15) is 11.6 Å². The minimum absolute atomic E-state index is 0.328. The molecule has 0 radical (unpaired) electrons. The van der Waals surface area contributed by atoms with E-state index in [9.17, 15) is 4.79 Å². The predicted molar refractivity (Wildman–Crippen MR) is 143 cm³/mol. The quantitative estimate of drug-likeness (QED) is 0.210. The zero-order valence-electron chi connectivity index (χ0n) is 21.2. The summed E-state index contributed by atoms with van der Waals surface area (Å²) in [4.78, 5) is 25.6. The van der Waals surface area contributed by atoms with Gasteiger partial charge in [-0.1, -0.05) is 31.0 Å². The van der Waals surface area contributed by atoms with E-state index in [-0.39, 0.29) is 5.91 Å². The summed E-state index contributed by atoms with van der Waals surface area (Å²) < 4.78 is 5.30. The molecule has 0 bridgehead atoms. The van der Waals surface area contributed by atoms with Crippen LogP contribution in [0.1, 0.15) is 32.1 Å².